The molecule has 0 aliphatic rings. The van der Waals surface area contributed by atoms with Crippen LogP contribution in [0.1, 0.15) is 23.0 Å². The van der Waals surface area contributed by atoms with Gasteiger partial charge in [0.05, 0.1) is 7.05 Å². The van der Waals surface area contributed by atoms with Crippen molar-refractivity contribution in [3.05, 3.63) is 41.0 Å². The highest BCUT2D eigenvalue weighted by molar-refractivity contribution is 5.26. The predicted octanol–water partition coefficient (Wildman–Crippen LogP) is 0.900. The van der Waals surface area contributed by atoms with E-state index in [9.17, 15) is 4.39 Å². The Morgan fingerprint density at radius 2 is 2.24 bits per heavy atom. The molecule has 1 atom stereocenters. The van der Waals surface area contributed by atoms with Gasteiger partial charge in [0.1, 0.15) is 5.82 Å². The number of rotatable bonds is 3. The molecule has 17 heavy (non-hydrogen) atoms. The molecule has 0 aliphatic heterocycles. The van der Waals surface area contributed by atoms with Crippen molar-refractivity contribution in [2.24, 2.45) is 12.8 Å². The lowest BCUT2D eigenvalue weighted by Gasteiger charge is -2.10. The van der Waals surface area contributed by atoms with Gasteiger partial charge in [-0.1, -0.05) is 12.1 Å². The highest BCUT2D eigenvalue weighted by Gasteiger charge is 2.12. The second-order valence-electron chi connectivity index (χ2n) is 4.01. The summed E-state index contributed by atoms with van der Waals surface area (Å²) in [5.41, 5.74) is 7.32. The van der Waals surface area contributed by atoms with Crippen molar-refractivity contribution < 1.29 is 4.39 Å². The number of tetrazole rings is 1. The number of hydrogen-bond donors (Lipinski definition) is 1. The summed E-state index contributed by atoms with van der Waals surface area (Å²) in [6, 6.07) is 4.67. The highest BCUT2D eigenvalue weighted by Crippen LogP contribution is 2.17. The molecule has 2 N–H and O–H groups in total. The maximum absolute atomic E-state index is 13.4. The third kappa shape index (κ3) is 2.65. The van der Waals surface area contributed by atoms with Gasteiger partial charge < -0.3 is 5.73 Å². The molecule has 90 valence electrons. The first-order valence-corrected chi connectivity index (χ1v) is 5.31. The lowest BCUT2D eigenvalue weighted by atomic mass is 10.0. The standard InChI is InChI=1S/C11H14FN5/c1-7-3-4-8(5-9(7)12)10(13)6-11-14-16-17(2)15-11/h3-5,10H,6,13H2,1-2H3. The normalized spacial score (nSPS) is 12.7. The quantitative estimate of drug-likeness (QED) is 0.858. The van der Waals surface area contributed by atoms with Crippen LogP contribution < -0.4 is 5.73 Å². The van der Waals surface area contributed by atoms with Gasteiger partial charge in [0.15, 0.2) is 5.82 Å². The number of nitrogens with zero attached hydrogens (tertiary/aromatic N) is 4. The van der Waals surface area contributed by atoms with Crippen LogP contribution in [0.3, 0.4) is 0 Å². The molecule has 0 saturated carbocycles. The SMILES string of the molecule is Cc1ccc(C(N)Cc2nnn(C)n2)cc1F. The Hall–Kier alpha value is -1.82. The zero-order chi connectivity index (χ0) is 12.4. The average Bonchev–Trinajstić information content (AvgIpc) is 2.68. The van der Waals surface area contributed by atoms with Gasteiger partial charge in [0, 0.05) is 12.5 Å². The van der Waals surface area contributed by atoms with E-state index >= 15 is 0 Å². The Morgan fingerprint density at radius 1 is 1.47 bits per heavy atom. The molecule has 2 rings (SSSR count). The van der Waals surface area contributed by atoms with Crippen molar-refractivity contribution in [1.82, 2.24) is 20.2 Å². The van der Waals surface area contributed by atoms with Crippen LogP contribution in [0, 0.1) is 12.7 Å². The first-order chi connectivity index (χ1) is 8.06. The molecule has 0 amide bonds. The fourth-order valence-corrected chi connectivity index (χ4v) is 1.56. The third-order valence-corrected chi connectivity index (χ3v) is 2.58. The second-order valence-corrected chi connectivity index (χ2v) is 4.01. The van der Waals surface area contributed by atoms with Gasteiger partial charge in [0.2, 0.25) is 0 Å². The molecule has 1 aromatic carbocycles. The number of aryl methyl sites for hydroxylation is 2. The molecule has 5 nitrogen and oxygen atoms in total. The van der Waals surface area contributed by atoms with Crippen molar-refractivity contribution in [2.45, 2.75) is 19.4 Å². The average molecular weight is 235 g/mol. The molecule has 6 heteroatoms. The van der Waals surface area contributed by atoms with Gasteiger partial charge in [-0.2, -0.15) is 4.80 Å². The van der Waals surface area contributed by atoms with Crippen LogP contribution in [0.5, 0.6) is 0 Å². The predicted molar refractivity (Wildman–Crippen MR) is 60.6 cm³/mol. The lowest BCUT2D eigenvalue weighted by molar-refractivity contribution is 0.605. The van der Waals surface area contributed by atoms with Crippen LogP contribution in [0.2, 0.25) is 0 Å². The molecule has 1 heterocycles. The third-order valence-electron chi connectivity index (χ3n) is 2.58. The van der Waals surface area contributed by atoms with Gasteiger partial charge in [-0.25, -0.2) is 4.39 Å². The summed E-state index contributed by atoms with van der Waals surface area (Å²) in [7, 11) is 1.69. The summed E-state index contributed by atoms with van der Waals surface area (Å²) in [6.45, 7) is 1.72. The summed E-state index contributed by atoms with van der Waals surface area (Å²) < 4.78 is 13.4. The van der Waals surface area contributed by atoms with Crippen LogP contribution in [-0.4, -0.2) is 20.2 Å². The van der Waals surface area contributed by atoms with Gasteiger partial charge in [0.25, 0.3) is 0 Å². The fraction of sp³-hybridized carbons (Fsp3) is 0.364. The maximum atomic E-state index is 13.4. The van der Waals surface area contributed by atoms with E-state index < -0.39 is 0 Å². The molecule has 0 saturated heterocycles. The van der Waals surface area contributed by atoms with E-state index in [0.717, 1.165) is 5.56 Å². The lowest BCUT2D eigenvalue weighted by Crippen LogP contribution is -2.14. The van der Waals surface area contributed by atoms with Gasteiger partial charge in [-0.05, 0) is 29.3 Å². The zero-order valence-electron chi connectivity index (χ0n) is 9.76. The van der Waals surface area contributed by atoms with Crippen molar-refractivity contribution in [3.8, 4) is 0 Å². The zero-order valence-corrected chi connectivity index (χ0v) is 9.76. The smallest absolute Gasteiger partial charge is 0.176 e. The molecule has 1 aromatic heterocycles. The number of benzene rings is 1. The van der Waals surface area contributed by atoms with E-state index in [2.05, 4.69) is 15.4 Å². The fourth-order valence-electron chi connectivity index (χ4n) is 1.56. The first kappa shape index (κ1) is 11.7. The summed E-state index contributed by atoms with van der Waals surface area (Å²) in [5.74, 6) is 0.311. The van der Waals surface area contributed by atoms with Crippen molar-refractivity contribution in [1.29, 1.82) is 0 Å². The Balaban J connectivity index is 2.14. The first-order valence-electron chi connectivity index (χ1n) is 5.31. The molecule has 2 aromatic rings. The van der Waals surface area contributed by atoms with Crippen molar-refractivity contribution in [2.75, 3.05) is 0 Å². The summed E-state index contributed by atoms with van der Waals surface area (Å²) >= 11 is 0. The number of hydrogen-bond acceptors (Lipinski definition) is 4. The summed E-state index contributed by atoms with van der Waals surface area (Å²) in [6.07, 6.45) is 0.441. The topological polar surface area (TPSA) is 69.6 Å². The second kappa shape index (κ2) is 4.58. The minimum absolute atomic E-state index is 0.245. The van der Waals surface area contributed by atoms with Crippen LogP contribution in [-0.2, 0) is 13.5 Å². The van der Waals surface area contributed by atoms with Crippen LogP contribution >= 0.6 is 0 Å². The Morgan fingerprint density at radius 3 is 2.82 bits per heavy atom. The van der Waals surface area contributed by atoms with Crippen molar-refractivity contribution in [3.63, 3.8) is 0 Å². The monoisotopic (exact) mass is 235 g/mol. The maximum Gasteiger partial charge on any atom is 0.176 e. The molecular weight excluding hydrogens is 221 g/mol. The molecular formula is C11H14FN5. The van der Waals surface area contributed by atoms with Crippen molar-refractivity contribution >= 4 is 0 Å². The van der Waals surface area contributed by atoms with Gasteiger partial charge >= 0.3 is 0 Å². The largest absolute Gasteiger partial charge is 0.324 e. The van der Waals surface area contributed by atoms with Crippen LogP contribution in [0.15, 0.2) is 18.2 Å². The molecule has 0 spiro atoms. The number of aromatic nitrogens is 4. The minimum atomic E-state index is -0.325. The van der Waals surface area contributed by atoms with E-state index in [1.54, 1.807) is 20.0 Å². The molecule has 0 radical (unpaired) electrons. The van der Waals surface area contributed by atoms with E-state index in [-0.39, 0.29) is 11.9 Å². The molecule has 1 unspecified atom stereocenters. The van der Waals surface area contributed by atoms with Gasteiger partial charge in [-0.15, -0.1) is 10.2 Å². The number of nitrogens with two attached hydrogens (primary N) is 1. The van der Waals surface area contributed by atoms with E-state index in [1.807, 2.05) is 6.07 Å². The highest BCUT2D eigenvalue weighted by atomic mass is 19.1. The minimum Gasteiger partial charge on any atom is -0.324 e. The summed E-state index contributed by atoms with van der Waals surface area (Å²) in [5, 5.41) is 11.6. The Labute approximate surface area is 98.4 Å². The van der Waals surface area contributed by atoms with E-state index in [4.69, 9.17) is 5.73 Å². The molecule has 0 fully saturated rings. The Bertz CT molecular complexity index is 522. The Kier molecular flexibility index (Phi) is 3.14. The van der Waals surface area contributed by atoms with E-state index in [1.165, 1.54) is 10.9 Å². The summed E-state index contributed by atoms with van der Waals surface area (Å²) in [4.78, 5) is 1.37. The molecule has 0 bridgehead atoms. The van der Waals surface area contributed by atoms with E-state index in [0.29, 0.717) is 17.8 Å². The van der Waals surface area contributed by atoms with Crippen LogP contribution in [0.25, 0.3) is 0 Å². The van der Waals surface area contributed by atoms with Crippen LogP contribution in [0.4, 0.5) is 4.39 Å². The van der Waals surface area contributed by atoms with Gasteiger partial charge in [-0.3, -0.25) is 0 Å². The number of halogens is 1. The molecule has 0 aliphatic carbocycles.